The lowest BCUT2D eigenvalue weighted by Crippen LogP contribution is -2.56. The Morgan fingerprint density at radius 2 is 1.43 bits per heavy atom. The molecule has 9 amide bonds. The first kappa shape index (κ1) is 51.0. The van der Waals surface area contributed by atoms with E-state index in [0.29, 0.717) is 5.56 Å². The molecule has 0 spiro atoms. The molecule has 61 heavy (non-hydrogen) atoms. The van der Waals surface area contributed by atoms with Gasteiger partial charge in [-0.1, -0.05) is 50.6 Å². The van der Waals surface area contributed by atoms with Gasteiger partial charge in [-0.2, -0.15) is 0 Å². The molecule has 338 valence electrons. The van der Waals surface area contributed by atoms with E-state index in [0.717, 1.165) is 11.3 Å². The minimum absolute atomic E-state index is 0.0404. The van der Waals surface area contributed by atoms with Crippen molar-refractivity contribution in [3.63, 3.8) is 0 Å². The summed E-state index contributed by atoms with van der Waals surface area (Å²) in [4.78, 5) is 126. The van der Waals surface area contributed by atoms with Gasteiger partial charge in [0.1, 0.15) is 30.3 Å². The Hall–Kier alpha value is -6.16. The molecule has 0 aromatic heterocycles. The predicted molar refractivity (Wildman–Crippen MR) is 215 cm³/mol. The third-order valence-corrected chi connectivity index (χ3v) is 9.88. The zero-order valence-electron chi connectivity index (χ0n) is 34.8. The summed E-state index contributed by atoms with van der Waals surface area (Å²) in [7, 11) is 0. The maximum absolute atomic E-state index is 14.1. The van der Waals surface area contributed by atoms with Gasteiger partial charge in [0.2, 0.25) is 53.2 Å². The summed E-state index contributed by atoms with van der Waals surface area (Å²) >= 11 is 0. The summed E-state index contributed by atoms with van der Waals surface area (Å²) in [6.07, 6.45) is -3.25. The maximum Gasteiger partial charge on any atom is 0.303 e. The molecule has 22 heteroatoms. The van der Waals surface area contributed by atoms with Gasteiger partial charge < -0.3 is 63.2 Å². The molecule has 1 unspecified atom stereocenters. The largest absolute Gasteiger partial charge is 0.481 e. The van der Waals surface area contributed by atoms with Crippen LogP contribution in [0.2, 0.25) is 0 Å². The number of hydrogen-bond acceptors (Lipinski definition) is 12. The maximum atomic E-state index is 14.1. The van der Waals surface area contributed by atoms with E-state index in [4.69, 9.17) is 21.3 Å². The van der Waals surface area contributed by atoms with Crippen LogP contribution >= 0.6 is 0 Å². The fraction of sp³-hybridized carbons (Fsp3) is 0.590. The Morgan fingerprint density at radius 1 is 0.820 bits per heavy atom. The van der Waals surface area contributed by atoms with Gasteiger partial charge in [-0.3, -0.25) is 47.9 Å². The number of aliphatic carboxylic acids is 1. The second-order valence-electron chi connectivity index (χ2n) is 14.8. The van der Waals surface area contributed by atoms with E-state index in [-0.39, 0.29) is 56.7 Å². The van der Waals surface area contributed by atoms with Crippen molar-refractivity contribution >= 4 is 59.1 Å². The van der Waals surface area contributed by atoms with Gasteiger partial charge >= 0.3 is 5.97 Å². The van der Waals surface area contributed by atoms with Crippen LogP contribution < -0.4 is 43.4 Å². The molecular formula is C39H59N9O13. The van der Waals surface area contributed by atoms with Crippen molar-refractivity contribution in [3.8, 4) is 0 Å². The Bertz CT molecular complexity index is 1730. The minimum Gasteiger partial charge on any atom is -0.481 e. The molecule has 8 atom stereocenters. The quantitative estimate of drug-likeness (QED) is 0.0432. The van der Waals surface area contributed by atoms with Gasteiger partial charge in [0, 0.05) is 39.2 Å². The number of β-amino-alcohol motifs (C(OH)–C–C–N with tert-alkyl or cyclic N) is 1. The number of nitrogens with zero attached hydrogens (tertiary/aromatic N) is 1. The average molecular weight is 862 g/mol. The van der Waals surface area contributed by atoms with Crippen molar-refractivity contribution in [3.05, 3.63) is 35.9 Å². The number of rotatable bonds is 26. The van der Waals surface area contributed by atoms with Gasteiger partial charge in [-0.15, -0.1) is 0 Å². The van der Waals surface area contributed by atoms with Crippen molar-refractivity contribution in [1.29, 1.82) is 0 Å². The molecule has 0 radical (unpaired) electrons. The molecule has 1 fully saturated rings. The van der Waals surface area contributed by atoms with Gasteiger partial charge in [-0.25, -0.2) is 0 Å². The second-order valence-corrected chi connectivity index (χ2v) is 14.8. The first-order chi connectivity index (χ1) is 28.7. The first-order valence-electron chi connectivity index (χ1n) is 19.9. The summed E-state index contributed by atoms with van der Waals surface area (Å²) in [6, 6.07) is 2.79. The number of carboxylic acid groups (broad SMARTS) is 1. The fourth-order valence-electron chi connectivity index (χ4n) is 6.24. The summed E-state index contributed by atoms with van der Waals surface area (Å²) in [5.74, 6) is -8.21. The number of hydrogen-bond donors (Lipinski definition) is 10. The number of ether oxygens (including phenoxy) is 1. The lowest BCUT2D eigenvalue weighted by Gasteiger charge is -2.29. The van der Waals surface area contributed by atoms with Crippen molar-refractivity contribution in [2.75, 3.05) is 26.2 Å². The van der Waals surface area contributed by atoms with Crippen LogP contribution in [-0.2, 0) is 59.1 Å². The van der Waals surface area contributed by atoms with E-state index in [1.807, 2.05) is 13.8 Å². The Labute approximate surface area is 353 Å². The Balaban J connectivity index is 2.12. The average Bonchev–Trinajstić information content (AvgIpc) is 3.60. The van der Waals surface area contributed by atoms with Crippen LogP contribution in [0.3, 0.4) is 0 Å². The zero-order chi connectivity index (χ0) is 45.8. The van der Waals surface area contributed by atoms with Crippen LogP contribution in [0.15, 0.2) is 30.3 Å². The lowest BCUT2D eigenvalue weighted by molar-refractivity contribution is -0.142. The third kappa shape index (κ3) is 18.3. The number of carbonyl (C=O) groups is 10. The summed E-state index contributed by atoms with van der Waals surface area (Å²) in [5, 5.41) is 34.5. The highest BCUT2D eigenvalue weighted by molar-refractivity contribution is 5.96. The molecule has 1 aliphatic rings. The number of nitrogens with two attached hydrogens (primary N) is 2. The SMILES string of the molecule is CCC(C)[C@@H](CO[C@@H](C)C(=O)NCC(=O)N[C@@H](Cc1ccccc1)C(=O)N1C[C@H](O)C[C@H]1C(=O)NCC(=O)N[C@@H](CCC(=O)O)C(=O)N[C@@H](CCC(N)=O)C(N)=O)NC(C)=O. The van der Waals surface area contributed by atoms with E-state index in [1.165, 1.54) is 13.8 Å². The van der Waals surface area contributed by atoms with Gasteiger partial charge in [0.05, 0.1) is 31.8 Å². The minimum atomic E-state index is -1.51. The molecule has 22 nitrogen and oxygen atoms in total. The smallest absolute Gasteiger partial charge is 0.303 e. The van der Waals surface area contributed by atoms with Crippen LogP contribution in [0.4, 0.5) is 0 Å². The second kappa shape index (κ2) is 25.5. The van der Waals surface area contributed by atoms with E-state index < -0.39 is 116 Å². The van der Waals surface area contributed by atoms with E-state index in [2.05, 4.69) is 31.9 Å². The molecular weight excluding hydrogens is 802 g/mol. The van der Waals surface area contributed by atoms with Gasteiger partial charge in [0.15, 0.2) is 0 Å². The highest BCUT2D eigenvalue weighted by atomic mass is 16.5. The molecule has 1 aromatic carbocycles. The Morgan fingerprint density at radius 3 is 2.00 bits per heavy atom. The van der Waals surface area contributed by atoms with Crippen molar-refractivity contribution in [2.45, 2.75) is 115 Å². The normalized spacial score (nSPS) is 17.6. The van der Waals surface area contributed by atoms with Crippen LogP contribution in [0.1, 0.15) is 71.8 Å². The monoisotopic (exact) mass is 861 g/mol. The summed E-state index contributed by atoms with van der Waals surface area (Å²) < 4.78 is 5.68. The number of amides is 9. The van der Waals surface area contributed by atoms with E-state index in [1.54, 1.807) is 30.3 Å². The van der Waals surface area contributed by atoms with Crippen molar-refractivity contribution < 1.29 is 62.9 Å². The standard InChI is InChI=1S/C39H59N9O13/c1-5-21(2)29(44-23(4)49)20-61-22(3)36(57)42-17-33(53)46-28(15-24-9-7-6-8-10-24)39(60)48-19-25(50)16-30(48)38(59)43-18-32(52)45-27(12-14-34(54)55)37(58)47-26(35(41)56)11-13-31(40)51/h6-10,21-22,25-30,50H,5,11-20H2,1-4H3,(H2,40,51)(H2,41,56)(H,42,57)(H,43,59)(H,44,49)(H,45,52)(H,46,53)(H,47,58)(H,54,55)/t21?,22-,25+,26-,27-,28-,29+,30-/m0/s1. The molecule has 0 saturated carbocycles. The van der Waals surface area contributed by atoms with Crippen LogP contribution in [-0.4, -0.2) is 143 Å². The highest BCUT2D eigenvalue weighted by Crippen LogP contribution is 2.21. The topological polar surface area (TPSA) is 348 Å². The number of likely N-dealkylation sites (tertiary alicyclic amines) is 1. The van der Waals surface area contributed by atoms with Gasteiger partial charge in [0.25, 0.3) is 0 Å². The summed E-state index contributed by atoms with van der Waals surface area (Å²) in [6.45, 7) is 5.18. The summed E-state index contributed by atoms with van der Waals surface area (Å²) in [5.41, 5.74) is 11.0. The third-order valence-electron chi connectivity index (χ3n) is 9.88. The molecule has 0 bridgehead atoms. The number of benzene rings is 1. The van der Waals surface area contributed by atoms with Crippen LogP contribution in [0.25, 0.3) is 0 Å². The van der Waals surface area contributed by atoms with Crippen molar-refractivity contribution in [1.82, 2.24) is 36.8 Å². The molecule has 0 aliphatic carbocycles. The van der Waals surface area contributed by atoms with Gasteiger partial charge in [-0.05, 0) is 31.2 Å². The number of nitrogens with one attached hydrogen (secondary N) is 6. The highest BCUT2D eigenvalue weighted by Gasteiger charge is 2.42. The molecule has 2 rings (SSSR count). The lowest BCUT2D eigenvalue weighted by atomic mass is 10.00. The fourth-order valence-corrected chi connectivity index (χ4v) is 6.24. The predicted octanol–water partition coefficient (Wildman–Crippen LogP) is -3.55. The van der Waals surface area contributed by atoms with Crippen LogP contribution in [0, 0.1) is 5.92 Å². The number of carboxylic acids is 1. The molecule has 1 saturated heterocycles. The number of primary amides is 2. The van der Waals surface area contributed by atoms with E-state index in [9.17, 15) is 53.1 Å². The number of carbonyl (C=O) groups excluding carboxylic acids is 9. The Kier molecular flexibility index (Phi) is 21.3. The zero-order valence-corrected chi connectivity index (χ0v) is 34.8. The number of aliphatic hydroxyl groups is 1. The van der Waals surface area contributed by atoms with Crippen molar-refractivity contribution in [2.24, 2.45) is 17.4 Å². The molecule has 1 heterocycles. The molecule has 12 N–H and O–H groups in total. The van der Waals surface area contributed by atoms with E-state index >= 15 is 0 Å². The first-order valence-corrected chi connectivity index (χ1v) is 19.9. The molecule has 1 aromatic rings. The molecule has 1 aliphatic heterocycles. The number of aliphatic hydroxyl groups excluding tert-OH is 1. The van der Waals surface area contributed by atoms with Crippen LogP contribution in [0.5, 0.6) is 0 Å².